The van der Waals surface area contributed by atoms with E-state index in [0.717, 1.165) is 5.56 Å². The number of nitrogens with two attached hydrogens (primary N) is 1. The van der Waals surface area contributed by atoms with Crippen molar-refractivity contribution in [3.05, 3.63) is 42.0 Å². The molecule has 0 saturated carbocycles. The molecular weight excluding hydrogens is 415 g/mol. The molecular formula is C20H26ClFN4O4. The molecule has 1 aromatic carbocycles. The SMILES string of the molecule is CC(C)C[C@H](NC(=O)/C=C/c1ccccc1)C(=O)NN(CCC(N)=O)C(=O)C(F)Cl. The summed E-state index contributed by atoms with van der Waals surface area (Å²) >= 11 is 5.17. The van der Waals surface area contributed by atoms with Crippen LogP contribution in [0.2, 0.25) is 0 Å². The van der Waals surface area contributed by atoms with Crippen molar-refractivity contribution in [1.29, 1.82) is 0 Å². The van der Waals surface area contributed by atoms with Gasteiger partial charge >= 0.3 is 0 Å². The number of carbonyl (C=O) groups is 4. The lowest BCUT2D eigenvalue weighted by Gasteiger charge is -2.26. The number of amides is 4. The molecule has 4 amide bonds. The Morgan fingerprint density at radius 2 is 1.83 bits per heavy atom. The van der Waals surface area contributed by atoms with Crippen LogP contribution in [-0.4, -0.2) is 46.9 Å². The summed E-state index contributed by atoms with van der Waals surface area (Å²) < 4.78 is 13.2. The first-order chi connectivity index (χ1) is 14.1. The van der Waals surface area contributed by atoms with Crippen molar-refractivity contribution in [2.45, 2.75) is 38.4 Å². The monoisotopic (exact) mass is 440 g/mol. The minimum atomic E-state index is -2.41. The molecule has 0 fully saturated rings. The van der Waals surface area contributed by atoms with Crippen LogP contribution in [0.25, 0.3) is 6.08 Å². The van der Waals surface area contributed by atoms with Gasteiger partial charge in [0.15, 0.2) is 0 Å². The third-order valence-corrected chi connectivity index (χ3v) is 4.03. The van der Waals surface area contributed by atoms with Crippen LogP contribution in [0.5, 0.6) is 0 Å². The minimum Gasteiger partial charge on any atom is -0.370 e. The number of nitrogens with zero attached hydrogens (tertiary/aromatic N) is 1. The summed E-state index contributed by atoms with van der Waals surface area (Å²) in [5, 5.41) is 3.15. The quantitative estimate of drug-likeness (QED) is 0.290. The highest BCUT2D eigenvalue weighted by Gasteiger charge is 2.28. The maximum Gasteiger partial charge on any atom is 0.291 e. The second-order valence-electron chi connectivity index (χ2n) is 6.92. The highest BCUT2D eigenvalue weighted by molar-refractivity contribution is 6.29. The lowest BCUT2D eigenvalue weighted by Crippen LogP contribution is -2.56. The van der Waals surface area contributed by atoms with Gasteiger partial charge in [0.2, 0.25) is 11.8 Å². The second-order valence-corrected chi connectivity index (χ2v) is 7.30. The van der Waals surface area contributed by atoms with E-state index in [2.05, 4.69) is 10.7 Å². The molecule has 0 radical (unpaired) electrons. The summed E-state index contributed by atoms with van der Waals surface area (Å²) in [4.78, 5) is 47.7. The molecule has 0 aliphatic rings. The van der Waals surface area contributed by atoms with Crippen molar-refractivity contribution in [2.24, 2.45) is 11.7 Å². The number of alkyl halides is 2. The van der Waals surface area contributed by atoms with E-state index in [1.165, 1.54) is 6.08 Å². The zero-order valence-corrected chi connectivity index (χ0v) is 17.6. The van der Waals surface area contributed by atoms with Crippen LogP contribution in [0, 0.1) is 5.92 Å². The molecule has 2 atom stereocenters. The van der Waals surface area contributed by atoms with E-state index in [1.54, 1.807) is 6.08 Å². The Kier molecular flexibility index (Phi) is 10.5. The maximum absolute atomic E-state index is 13.2. The maximum atomic E-state index is 13.2. The third kappa shape index (κ3) is 9.51. The fourth-order valence-electron chi connectivity index (χ4n) is 2.43. The summed E-state index contributed by atoms with van der Waals surface area (Å²) in [7, 11) is 0. The Labute approximate surface area is 179 Å². The number of benzene rings is 1. The predicted octanol–water partition coefficient (Wildman–Crippen LogP) is 1.50. The molecule has 0 aromatic heterocycles. The van der Waals surface area contributed by atoms with Gasteiger partial charge in [-0.15, -0.1) is 0 Å². The fraction of sp³-hybridized carbons (Fsp3) is 0.400. The van der Waals surface area contributed by atoms with Gasteiger partial charge in [0.05, 0.1) is 6.54 Å². The molecule has 4 N–H and O–H groups in total. The highest BCUT2D eigenvalue weighted by atomic mass is 35.5. The van der Waals surface area contributed by atoms with E-state index in [4.69, 9.17) is 17.3 Å². The van der Waals surface area contributed by atoms with Gasteiger partial charge in [0.25, 0.3) is 17.4 Å². The van der Waals surface area contributed by atoms with Crippen molar-refractivity contribution in [2.75, 3.05) is 6.54 Å². The first-order valence-electron chi connectivity index (χ1n) is 9.32. The molecule has 0 saturated heterocycles. The lowest BCUT2D eigenvalue weighted by atomic mass is 10.0. The van der Waals surface area contributed by atoms with Gasteiger partial charge in [-0.2, -0.15) is 0 Å². The lowest BCUT2D eigenvalue weighted by molar-refractivity contribution is -0.145. The number of hydrogen-bond acceptors (Lipinski definition) is 4. The fourth-order valence-corrected chi connectivity index (χ4v) is 2.55. The van der Waals surface area contributed by atoms with E-state index in [-0.39, 0.29) is 25.3 Å². The number of primary amides is 1. The average molecular weight is 441 g/mol. The number of nitrogens with one attached hydrogen (secondary N) is 2. The minimum absolute atomic E-state index is 0.0240. The topological polar surface area (TPSA) is 122 Å². The standard InChI is InChI=1S/C20H26ClFN4O4/c1-13(2)12-15(24-17(28)9-8-14-6-4-3-5-7-14)19(29)25-26(11-10-16(23)27)20(30)18(21)22/h3-9,13,15,18H,10-12H2,1-2H3,(H2,23,27)(H,24,28)(H,25,29)/b9-8+/t15-,18?/m0/s1. The highest BCUT2D eigenvalue weighted by Crippen LogP contribution is 2.08. The Morgan fingerprint density at radius 1 is 1.20 bits per heavy atom. The zero-order chi connectivity index (χ0) is 22.7. The van der Waals surface area contributed by atoms with E-state index in [1.807, 2.05) is 44.2 Å². The zero-order valence-electron chi connectivity index (χ0n) is 16.8. The molecule has 10 heteroatoms. The number of carbonyl (C=O) groups excluding carboxylic acids is 4. The van der Waals surface area contributed by atoms with Crippen LogP contribution >= 0.6 is 11.6 Å². The van der Waals surface area contributed by atoms with Gasteiger partial charge in [0, 0.05) is 12.5 Å². The van der Waals surface area contributed by atoms with E-state index < -0.39 is 35.3 Å². The Hall–Kier alpha value is -2.94. The molecule has 0 heterocycles. The molecule has 1 unspecified atom stereocenters. The van der Waals surface area contributed by atoms with E-state index >= 15 is 0 Å². The smallest absolute Gasteiger partial charge is 0.291 e. The molecule has 8 nitrogen and oxygen atoms in total. The van der Waals surface area contributed by atoms with Gasteiger partial charge in [-0.1, -0.05) is 55.8 Å². The van der Waals surface area contributed by atoms with E-state index in [0.29, 0.717) is 5.01 Å². The largest absolute Gasteiger partial charge is 0.370 e. The molecule has 30 heavy (non-hydrogen) atoms. The first kappa shape index (κ1) is 25.1. The molecule has 0 aliphatic carbocycles. The molecule has 0 spiro atoms. The van der Waals surface area contributed by atoms with Gasteiger partial charge < -0.3 is 11.1 Å². The third-order valence-electron chi connectivity index (χ3n) is 3.85. The van der Waals surface area contributed by atoms with Crippen LogP contribution < -0.4 is 16.5 Å². The van der Waals surface area contributed by atoms with Crippen LogP contribution in [0.3, 0.4) is 0 Å². The van der Waals surface area contributed by atoms with Crippen molar-refractivity contribution in [1.82, 2.24) is 15.8 Å². The normalized spacial score (nSPS) is 13.0. The van der Waals surface area contributed by atoms with Crippen LogP contribution in [0.4, 0.5) is 4.39 Å². The Balaban J connectivity index is 2.86. The van der Waals surface area contributed by atoms with Crippen molar-refractivity contribution in [3.63, 3.8) is 0 Å². The summed E-state index contributed by atoms with van der Waals surface area (Å²) in [5.41, 5.74) is 5.64. The molecule has 164 valence electrons. The number of rotatable bonds is 10. The number of halogens is 2. The molecule has 1 rings (SSSR count). The van der Waals surface area contributed by atoms with Crippen LogP contribution in [-0.2, 0) is 19.2 Å². The molecule has 1 aromatic rings. The number of hydrogen-bond donors (Lipinski definition) is 3. The van der Waals surface area contributed by atoms with Gasteiger partial charge in [-0.25, -0.2) is 9.40 Å². The Morgan fingerprint density at radius 3 is 2.37 bits per heavy atom. The summed E-state index contributed by atoms with van der Waals surface area (Å²) in [6.45, 7) is 3.33. The molecule has 0 bridgehead atoms. The predicted molar refractivity (Wildman–Crippen MR) is 111 cm³/mol. The Bertz CT molecular complexity index is 771. The van der Waals surface area contributed by atoms with Crippen LogP contribution in [0.1, 0.15) is 32.3 Å². The van der Waals surface area contributed by atoms with Crippen molar-refractivity contribution < 1.29 is 23.6 Å². The summed E-state index contributed by atoms with van der Waals surface area (Å²) in [5.74, 6) is -3.23. The first-order valence-corrected chi connectivity index (χ1v) is 9.75. The van der Waals surface area contributed by atoms with Gasteiger partial charge in [-0.3, -0.25) is 24.6 Å². The van der Waals surface area contributed by atoms with E-state index in [9.17, 15) is 23.6 Å². The molecule has 0 aliphatic heterocycles. The average Bonchev–Trinajstić information content (AvgIpc) is 2.68. The van der Waals surface area contributed by atoms with Crippen molar-refractivity contribution in [3.8, 4) is 0 Å². The summed E-state index contributed by atoms with van der Waals surface area (Å²) in [6.07, 6.45) is 2.82. The number of hydrazine groups is 1. The van der Waals surface area contributed by atoms with Crippen LogP contribution in [0.15, 0.2) is 36.4 Å². The van der Waals surface area contributed by atoms with Crippen molar-refractivity contribution >= 4 is 41.3 Å². The second kappa shape index (κ2) is 12.6. The summed E-state index contributed by atoms with van der Waals surface area (Å²) in [6, 6.07) is 8.09. The van der Waals surface area contributed by atoms with Gasteiger partial charge in [-0.05, 0) is 24.0 Å². The van der Waals surface area contributed by atoms with Gasteiger partial charge in [0.1, 0.15) is 6.04 Å².